The number of primary amides is 1. The SMILES string of the molecule is COc1cccc(Cl)c1C(O)C(N)=O.Cl. The van der Waals surface area contributed by atoms with E-state index in [-0.39, 0.29) is 23.0 Å². The lowest BCUT2D eigenvalue weighted by Gasteiger charge is -2.13. The zero-order valence-corrected chi connectivity index (χ0v) is 9.51. The predicted molar refractivity (Wildman–Crippen MR) is 59.4 cm³/mol. The third-order valence-corrected chi connectivity index (χ3v) is 2.11. The van der Waals surface area contributed by atoms with E-state index in [1.54, 1.807) is 18.2 Å². The summed E-state index contributed by atoms with van der Waals surface area (Å²) in [7, 11) is 1.42. The second-order valence-corrected chi connectivity index (χ2v) is 3.07. The van der Waals surface area contributed by atoms with E-state index in [1.165, 1.54) is 7.11 Å². The van der Waals surface area contributed by atoms with Crippen molar-refractivity contribution in [3.8, 4) is 5.75 Å². The fraction of sp³-hybridized carbons (Fsp3) is 0.222. The first-order valence-electron chi connectivity index (χ1n) is 3.87. The van der Waals surface area contributed by atoms with Crippen molar-refractivity contribution in [2.24, 2.45) is 5.73 Å². The molecule has 0 spiro atoms. The van der Waals surface area contributed by atoms with Gasteiger partial charge in [-0.25, -0.2) is 0 Å². The van der Waals surface area contributed by atoms with Crippen molar-refractivity contribution in [2.75, 3.05) is 7.11 Å². The third kappa shape index (κ3) is 2.99. The van der Waals surface area contributed by atoms with Gasteiger partial charge in [0.15, 0.2) is 6.10 Å². The highest BCUT2D eigenvalue weighted by Gasteiger charge is 2.21. The number of ether oxygens (including phenoxy) is 1. The van der Waals surface area contributed by atoms with Crippen molar-refractivity contribution in [3.05, 3.63) is 28.8 Å². The fourth-order valence-corrected chi connectivity index (χ4v) is 1.37. The molecule has 0 fully saturated rings. The molecule has 0 heterocycles. The summed E-state index contributed by atoms with van der Waals surface area (Å²) in [6, 6.07) is 4.79. The molecule has 0 aliphatic carbocycles. The van der Waals surface area contributed by atoms with Crippen LogP contribution in [-0.2, 0) is 4.79 Å². The van der Waals surface area contributed by atoms with E-state index in [1.807, 2.05) is 0 Å². The molecule has 1 atom stereocenters. The van der Waals surface area contributed by atoms with Gasteiger partial charge in [-0.05, 0) is 12.1 Å². The van der Waals surface area contributed by atoms with Crippen LogP contribution in [0.5, 0.6) is 5.75 Å². The van der Waals surface area contributed by atoms with E-state index < -0.39 is 12.0 Å². The van der Waals surface area contributed by atoms with Gasteiger partial charge in [-0.2, -0.15) is 0 Å². The largest absolute Gasteiger partial charge is 0.496 e. The van der Waals surface area contributed by atoms with Crippen LogP contribution in [0.2, 0.25) is 5.02 Å². The van der Waals surface area contributed by atoms with Gasteiger partial charge in [0.05, 0.1) is 17.7 Å². The molecular weight excluding hydrogens is 241 g/mol. The first kappa shape index (κ1) is 14.0. The van der Waals surface area contributed by atoms with E-state index in [0.717, 1.165) is 0 Å². The maximum Gasteiger partial charge on any atom is 0.251 e. The number of benzene rings is 1. The van der Waals surface area contributed by atoms with Crippen LogP contribution in [0, 0.1) is 0 Å². The Hall–Kier alpha value is -0.970. The Balaban J connectivity index is 0.00000196. The number of halogens is 2. The van der Waals surface area contributed by atoms with Gasteiger partial charge >= 0.3 is 0 Å². The van der Waals surface area contributed by atoms with Crippen molar-refractivity contribution >= 4 is 29.9 Å². The molecule has 84 valence electrons. The number of nitrogens with two attached hydrogens (primary N) is 1. The Morgan fingerprint density at radius 1 is 1.60 bits per heavy atom. The lowest BCUT2D eigenvalue weighted by molar-refractivity contribution is -0.126. The molecule has 0 aromatic heterocycles. The Morgan fingerprint density at radius 2 is 2.20 bits per heavy atom. The number of hydrogen-bond acceptors (Lipinski definition) is 3. The average Bonchev–Trinajstić information content (AvgIpc) is 2.16. The first-order chi connectivity index (χ1) is 6.57. The zero-order chi connectivity index (χ0) is 10.7. The summed E-state index contributed by atoms with van der Waals surface area (Å²) < 4.78 is 4.95. The molecule has 3 N–H and O–H groups in total. The molecule has 0 radical (unpaired) electrons. The molecular formula is C9H11Cl2NO3. The van der Waals surface area contributed by atoms with Crippen LogP contribution in [-0.4, -0.2) is 18.1 Å². The highest BCUT2D eigenvalue weighted by atomic mass is 35.5. The molecule has 1 aromatic rings. The topological polar surface area (TPSA) is 72.6 Å². The second-order valence-electron chi connectivity index (χ2n) is 2.66. The van der Waals surface area contributed by atoms with E-state index in [4.69, 9.17) is 22.1 Å². The summed E-state index contributed by atoms with van der Waals surface area (Å²) in [4.78, 5) is 10.8. The van der Waals surface area contributed by atoms with Crippen molar-refractivity contribution in [1.82, 2.24) is 0 Å². The standard InChI is InChI=1S/C9H10ClNO3.ClH/c1-14-6-4-2-3-5(10)7(6)8(12)9(11)13;/h2-4,8,12H,1H3,(H2,11,13);1H. The van der Waals surface area contributed by atoms with Crippen LogP contribution >= 0.6 is 24.0 Å². The molecule has 1 rings (SSSR count). The molecule has 1 aromatic carbocycles. The summed E-state index contributed by atoms with van der Waals surface area (Å²) in [5.74, 6) is -0.528. The zero-order valence-electron chi connectivity index (χ0n) is 7.94. The molecule has 0 saturated heterocycles. The molecule has 6 heteroatoms. The minimum Gasteiger partial charge on any atom is -0.496 e. The lowest BCUT2D eigenvalue weighted by Crippen LogP contribution is -2.21. The monoisotopic (exact) mass is 251 g/mol. The van der Waals surface area contributed by atoms with Crippen LogP contribution in [0.25, 0.3) is 0 Å². The highest BCUT2D eigenvalue weighted by molar-refractivity contribution is 6.31. The smallest absolute Gasteiger partial charge is 0.251 e. The minimum absolute atomic E-state index is 0. The van der Waals surface area contributed by atoms with Crippen LogP contribution < -0.4 is 10.5 Å². The van der Waals surface area contributed by atoms with Crippen LogP contribution in [0.3, 0.4) is 0 Å². The Labute approximate surface area is 98.4 Å². The number of aliphatic hydroxyl groups is 1. The molecule has 0 aliphatic rings. The van der Waals surface area contributed by atoms with Gasteiger partial charge in [-0.15, -0.1) is 12.4 Å². The van der Waals surface area contributed by atoms with Gasteiger partial charge < -0.3 is 15.6 Å². The van der Waals surface area contributed by atoms with Crippen molar-refractivity contribution in [1.29, 1.82) is 0 Å². The average molecular weight is 252 g/mol. The minimum atomic E-state index is -1.45. The van der Waals surface area contributed by atoms with E-state index in [9.17, 15) is 9.90 Å². The second kappa shape index (κ2) is 5.80. The molecule has 1 amide bonds. The number of aliphatic hydroxyl groups excluding tert-OH is 1. The number of carbonyl (C=O) groups excluding carboxylic acids is 1. The van der Waals surface area contributed by atoms with E-state index in [0.29, 0.717) is 5.75 Å². The van der Waals surface area contributed by atoms with Crippen molar-refractivity contribution < 1.29 is 14.6 Å². The Morgan fingerprint density at radius 3 is 2.67 bits per heavy atom. The van der Waals surface area contributed by atoms with E-state index >= 15 is 0 Å². The summed E-state index contributed by atoms with van der Waals surface area (Å²) in [6.07, 6.45) is -1.45. The van der Waals surface area contributed by atoms with Gasteiger partial charge in [-0.3, -0.25) is 4.79 Å². The number of methoxy groups -OCH3 is 1. The maximum absolute atomic E-state index is 10.8. The molecule has 4 nitrogen and oxygen atoms in total. The molecule has 0 bridgehead atoms. The Kier molecular flexibility index (Phi) is 5.43. The molecule has 1 unspecified atom stereocenters. The summed E-state index contributed by atoms with van der Waals surface area (Å²) in [6.45, 7) is 0. The quantitative estimate of drug-likeness (QED) is 0.851. The van der Waals surface area contributed by atoms with Crippen LogP contribution in [0.4, 0.5) is 0 Å². The molecule has 15 heavy (non-hydrogen) atoms. The van der Waals surface area contributed by atoms with Gasteiger partial charge in [0, 0.05) is 0 Å². The number of amides is 1. The molecule has 0 aliphatic heterocycles. The third-order valence-electron chi connectivity index (χ3n) is 1.78. The first-order valence-corrected chi connectivity index (χ1v) is 4.25. The number of hydrogen-bond donors (Lipinski definition) is 2. The maximum atomic E-state index is 10.8. The summed E-state index contributed by atoms with van der Waals surface area (Å²) in [5.41, 5.74) is 5.16. The number of carbonyl (C=O) groups is 1. The van der Waals surface area contributed by atoms with Crippen LogP contribution in [0.1, 0.15) is 11.7 Å². The predicted octanol–water partition coefficient (Wildman–Crippen LogP) is 1.29. The van der Waals surface area contributed by atoms with Gasteiger partial charge in [0.25, 0.3) is 5.91 Å². The fourth-order valence-electron chi connectivity index (χ4n) is 1.10. The molecule has 0 saturated carbocycles. The lowest BCUT2D eigenvalue weighted by atomic mass is 10.1. The normalized spacial score (nSPS) is 11.4. The van der Waals surface area contributed by atoms with Gasteiger partial charge in [-0.1, -0.05) is 17.7 Å². The highest BCUT2D eigenvalue weighted by Crippen LogP contribution is 2.31. The van der Waals surface area contributed by atoms with Crippen molar-refractivity contribution in [2.45, 2.75) is 6.10 Å². The Bertz CT molecular complexity index is 357. The van der Waals surface area contributed by atoms with Crippen LogP contribution in [0.15, 0.2) is 18.2 Å². The van der Waals surface area contributed by atoms with Crippen molar-refractivity contribution in [3.63, 3.8) is 0 Å². The van der Waals surface area contributed by atoms with Gasteiger partial charge in [0.1, 0.15) is 5.75 Å². The van der Waals surface area contributed by atoms with Gasteiger partial charge in [0.2, 0.25) is 0 Å². The summed E-state index contributed by atoms with van der Waals surface area (Å²) in [5, 5.41) is 9.70. The number of rotatable bonds is 3. The van der Waals surface area contributed by atoms with E-state index in [2.05, 4.69) is 0 Å². The summed E-state index contributed by atoms with van der Waals surface area (Å²) >= 11 is 5.80.